The van der Waals surface area contributed by atoms with Crippen molar-refractivity contribution in [2.45, 2.75) is 0 Å². The molecule has 2 aromatic heterocycles. The normalized spacial score (nSPS) is 10.5. The van der Waals surface area contributed by atoms with E-state index in [9.17, 15) is 10.1 Å². The lowest BCUT2D eigenvalue weighted by atomic mass is 9.96. The van der Waals surface area contributed by atoms with E-state index in [0.29, 0.717) is 28.2 Å². The number of nitrogens with zero attached hydrogens (tertiary/aromatic N) is 2. The number of halogens is 1. The van der Waals surface area contributed by atoms with Crippen LogP contribution in [0.2, 0.25) is 5.02 Å². The first-order valence-electron chi connectivity index (χ1n) is 8.87. The molecule has 0 aliphatic carbocycles. The molecule has 3 N–H and O–H groups in total. The Bertz CT molecular complexity index is 1310. The summed E-state index contributed by atoms with van der Waals surface area (Å²) in [5.74, 6) is -0.0841. The zero-order chi connectivity index (χ0) is 21.3. The Kier molecular flexibility index (Phi) is 4.97. The fraction of sp³-hybridized carbons (Fsp3) is 0. The van der Waals surface area contributed by atoms with Crippen LogP contribution in [0.1, 0.15) is 15.9 Å². The predicted octanol–water partition coefficient (Wildman–Crippen LogP) is 5.48. The zero-order valence-electron chi connectivity index (χ0n) is 15.5. The minimum atomic E-state index is -1.11. The predicted molar refractivity (Wildman–Crippen MR) is 114 cm³/mol. The maximum absolute atomic E-state index is 11.2. The molecule has 0 radical (unpaired) electrons. The molecule has 0 saturated carbocycles. The van der Waals surface area contributed by atoms with E-state index in [-0.39, 0.29) is 22.0 Å². The molecule has 0 unspecified atom stereocenters. The summed E-state index contributed by atoms with van der Waals surface area (Å²) in [4.78, 5) is 15.3. The summed E-state index contributed by atoms with van der Waals surface area (Å²) in [5.41, 5.74) is 8.90. The molecular weight excluding hydrogens is 402 g/mol. The maximum Gasteiger partial charge on any atom is 0.337 e. The second-order valence-electron chi connectivity index (χ2n) is 6.45. The van der Waals surface area contributed by atoms with E-state index < -0.39 is 5.97 Å². The van der Waals surface area contributed by atoms with Crippen LogP contribution < -0.4 is 5.73 Å². The van der Waals surface area contributed by atoms with Gasteiger partial charge in [-0.1, -0.05) is 48.0 Å². The van der Waals surface area contributed by atoms with Crippen LogP contribution in [0.5, 0.6) is 0 Å². The molecule has 0 bridgehead atoms. The number of hydrogen-bond acceptors (Lipinski definition) is 5. The average molecular weight is 416 g/mol. The SMILES string of the molecule is N#Cc1c(N)ncc(-c2ccccc2)c1-c1ccc(-c2ccc(C(=O)O)c(Cl)c2)o1. The van der Waals surface area contributed by atoms with Crippen molar-refractivity contribution >= 4 is 23.4 Å². The van der Waals surface area contributed by atoms with E-state index in [1.54, 1.807) is 24.4 Å². The van der Waals surface area contributed by atoms with Gasteiger partial charge in [0.05, 0.1) is 10.6 Å². The standard InChI is InChI=1S/C23H14ClN3O3/c24-18-10-14(6-7-15(18)23(28)29)19-8-9-20(30-19)21-16(11-25)22(26)27-12-17(21)13-4-2-1-3-5-13/h1-10,12H,(H2,26,27)(H,28,29). The molecule has 0 atom stereocenters. The van der Waals surface area contributed by atoms with Crippen molar-refractivity contribution in [1.82, 2.24) is 4.98 Å². The molecule has 4 rings (SSSR count). The van der Waals surface area contributed by atoms with Crippen molar-refractivity contribution < 1.29 is 14.3 Å². The molecule has 6 nitrogen and oxygen atoms in total. The minimum Gasteiger partial charge on any atom is -0.478 e. The van der Waals surface area contributed by atoms with E-state index in [2.05, 4.69) is 11.1 Å². The number of anilines is 1. The van der Waals surface area contributed by atoms with Gasteiger partial charge in [-0.3, -0.25) is 0 Å². The quantitative estimate of drug-likeness (QED) is 0.456. The van der Waals surface area contributed by atoms with Gasteiger partial charge in [-0.05, 0) is 29.8 Å². The number of carboxylic acids is 1. The van der Waals surface area contributed by atoms with Crippen LogP contribution in [0.4, 0.5) is 5.82 Å². The second kappa shape index (κ2) is 7.74. The number of benzene rings is 2. The fourth-order valence-corrected chi connectivity index (χ4v) is 3.46. The van der Waals surface area contributed by atoms with E-state index >= 15 is 0 Å². The van der Waals surface area contributed by atoms with Crippen molar-refractivity contribution in [3.63, 3.8) is 0 Å². The Morgan fingerprint density at radius 2 is 1.80 bits per heavy atom. The number of pyridine rings is 1. The van der Waals surface area contributed by atoms with E-state index in [4.69, 9.17) is 26.9 Å². The molecule has 0 amide bonds. The molecule has 7 heteroatoms. The minimum absolute atomic E-state index is 0.00670. The van der Waals surface area contributed by atoms with E-state index in [1.807, 2.05) is 30.3 Å². The lowest BCUT2D eigenvalue weighted by molar-refractivity contribution is 0.0697. The number of rotatable bonds is 4. The highest BCUT2D eigenvalue weighted by molar-refractivity contribution is 6.33. The van der Waals surface area contributed by atoms with Crippen molar-refractivity contribution in [3.05, 3.63) is 83.0 Å². The van der Waals surface area contributed by atoms with Gasteiger partial charge in [-0.15, -0.1) is 0 Å². The summed E-state index contributed by atoms with van der Waals surface area (Å²) in [6, 6.07) is 19.6. The van der Waals surface area contributed by atoms with Crippen LogP contribution in [0.15, 0.2) is 71.3 Å². The molecule has 0 saturated heterocycles. The monoisotopic (exact) mass is 415 g/mol. The Balaban J connectivity index is 1.86. The fourth-order valence-electron chi connectivity index (χ4n) is 3.20. The van der Waals surface area contributed by atoms with Gasteiger partial charge in [0.2, 0.25) is 0 Å². The van der Waals surface area contributed by atoms with Crippen LogP contribution >= 0.6 is 11.6 Å². The smallest absolute Gasteiger partial charge is 0.337 e. The van der Waals surface area contributed by atoms with Gasteiger partial charge in [-0.25, -0.2) is 9.78 Å². The Hall–Kier alpha value is -4.08. The summed E-state index contributed by atoms with van der Waals surface area (Å²) in [6.45, 7) is 0. The molecule has 0 fully saturated rings. The first kappa shape index (κ1) is 19.2. The Labute approximate surface area is 176 Å². The molecule has 30 heavy (non-hydrogen) atoms. The number of nitrogens with two attached hydrogens (primary N) is 1. The number of furan rings is 1. The van der Waals surface area contributed by atoms with Crippen molar-refractivity contribution in [1.29, 1.82) is 5.26 Å². The summed E-state index contributed by atoms with van der Waals surface area (Å²) in [5, 5.41) is 18.9. The molecule has 146 valence electrons. The summed E-state index contributed by atoms with van der Waals surface area (Å²) in [7, 11) is 0. The first-order valence-corrected chi connectivity index (χ1v) is 9.25. The van der Waals surface area contributed by atoms with Gasteiger partial charge in [0.25, 0.3) is 0 Å². The molecule has 0 aliphatic rings. The summed E-state index contributed by atoms with van der Waals surface area (Å²) >= 11 is 6.08. The number of nitrogen functional groups attached to an aromatic ring is 1. The average Bonchev–Trinajstić information content (AvgIpc) is 3.23. The molecule has 2 aromatic carbocycles. The molecule has 0 spiro atoms. The van der Waals surface area contributed by atoms with Crippen LogP contribution in [0.3, 0.4) is 0 Å². The van der Waals surface area contributed by atoms with Gasteiger partial charge in [0, 0.05) is 22.9 Å². The summed E-state index contributed by atoms with van der Waals surface area (Å²) in [6.07, 6.45) is 1.61. The maximum atomic E-state index is 11.2. The van der Waals surface area contributed by atoms with Crippen molar-refractivity contribution in [3.8, 4) is 39.8 Å². The van der Waals surface area contributed by atoms with Gasteiger partial charge in [0.15, 0.2) is 0 Å². The van der Waals surface area contributed by atoms with Crippen LogP contribution in [-0.2, 0) is 0 Å². The lowest BCUT2D eigenvalue weighted by Crippen LogP contribution is -1.99. The van der Waals surface area contributed by atoms with Crippen molar-refractivity contribution in [2.75, 3.05) is 5.73 Å². The number of carbonyl (C=O) groups is 1. The number of aromatic nitrogens is 1. The van der Waals surface area contributed by atoms with E-state index in [0.717, 1.165) is 5.56 Å². The van der Waals surface area contributed by atoms with Gasteiger partial charge >= 0.3 is 5.97 Å². The Morgan fingerprint density at radius 1 is 1.07 bits per heavy atom. The van der Waals surface area contributed by atoms with Gasteiger partial charge in [0.1, 0.15) is 29.0 Å². The second-order valence-corrected chi connectivity index (χ2v) is 6.86. The summed E-state index contributed by atoms with van der Waals surface area (Å²) < 4.78 is 6.03. The molecule has 4 aromatic rings. The molecular formula is C23H14ClN3O3. The third-order valence-electron chi connectivity index (χ3n) is 4.64. The van der Waals surface area contributed by atoms with E-state index in [1.165, 1.54) is 12.1 Å². The number of nitriles is 1. The van der Waals surface area contributed by atoms with Gasteiger partial charge in [-0.2, -0.15) is 5.26 Å². The number of hydrogen-bond donors (Lipinski definition) is 2. The Morgan fingerprint density at radius 3 is 2.47 bits per heavy atom. The highest BCUT2D eigenvalue weighted by atomic mass is 35.5. The van der Waals surface area contributed by atoms with Crippen LogP contribution in [0, 0.1) is 11.3 Å². The molecule has 2 heterocycles. The highest BCUT2D eigenvalue weighted by Gasteiger charge is 2.20. The number of carboxylic acid groups (broad SMARTS) is 1. The van der Waals surface area contributed by atoms with Crippen LogP contribution in [0.25, 0.3) is 33.8 Å². The lowest BCUT2D eigenvalue weighted by Gasteiger charge is -2.11. The first-order chi connectivity index (χ1) is 14.5. The number of aromatic carboxylic acids is 1. The highest BCUT2D eigenvalue weighted by Crippen LogP contribution is 2.39. The zero-order valence-corrected chi connectivity index (χ0v) is 16.2. The molecule has 0 aliphatic heterocycles. The third-order valence-corrected chi connectivity index (χ3v) is 4.95. The van der Waals surface area contributed by atoms with Crippen LogP contribution in [-0.4, -0.2) is 16.1 Å². The largest absolute Gasteiger partial charge is 0.478 e. The van der Waals surface area contributed by atoms with Crippen molar-refractivity contribution in [2.24, 2.45) is 0 Å². The topological polar surface area (TPSA) is 113 Å². The van der Waals surface area contributed by atoms with Gasteiger partial charge < -0.3 is 15.3 Å². The third kappa shape index (κ3) is 3.39.